The molecule has 0 unspecified atom stereocenters. The minimum Gasteiger partial charge on any atom is -0.503 e. The lowest BCUT2D eigenvalue weighted by atomic mass is 10.1. The number of aromatic hydroxyl groups is 1. The first-order valence-corrected chi connectivity index (χ1v) is 7.34. The van der Waals surface area contributed by atoms with Crippen molar-refractivity contribution in [1.29, 1.82) is 0 Å². The molecule has 20 heavy (non-hydrogen) atoms. The van der Waals surface area contributed by atoms with Crippen LogP contribution in [0.3, 0.4) is 0 Å². The van der Waals surface area contributed by atoms with E-state index in [0.717, 1.165) is 11.3 Å². The first-order valence-electron chi connectivity index (χ1n) is 6.55. The number of hydrogen-bond donors (Lipinski definition) is 2. The molecule has 2 N–H and O–H groups in total. The molecular formula is C16H18BrNO2. The van der Waals surface area contributed by atoms with Crippen LogP contribution in [0.15, 0.2) is 40.9 Å². The summed E-state index contributed by atoms with van der Waals surface area (Å²) in [4.78, 5) is 0. The van der Waals surface area contributed by atoms with Crippen molar-refractivity contribution in [2.24, 2.45) is 0 Å². The molecule has 0 heterocycles. The molecule has 0 aliphatic rings. The summed E-state index contributed by atoms with van der Waals surface area (Å²) in [5.41, 5.74) is 3.35. The van der Waals surface area contributed by atoms with E-state index in [-0.39, 0.29) is 5.75 Å². The van der Waals surface area contributed by atoms with Crippen molar-refractivity contribution < 1.29 is 9.84 Å². The summed E-state index contributed by atoms with van der Waals surface area (Å²) in [6.07, 6.45) is 0. The quantitative estimate of drug-likeness (QED) is 0.846. The lowest BCUT2D eigenvalue weighted by Crippen LogP contribution is -2.02. The van der Waals surface area contributed by atoms with Crippen LogP contribution in [0.1, 0.15) is 18.1 Å². The molecule has 3 nitrogen and oxygen atoms in total. The van der Waals surface area contributed by atoms with E-state index in [2.05, 4.69) is 34.2 Å². The van der Waals surface area contributed by atoms with Crippen LogP contribution < -0.4 is 10.1 Å². The molecule has 4 heteroatoms. The number of phenols is 1. The molecule has 2 rings (SSSR count). The predicted molar refractivity (Wildman–Crippen MR) is 85.5 cm³/mol. The lowest BCUT2D eigenvalue weighted by molar-refractivity contribution is 0.317. The minimum atomic E-state index is 0.145. The summed E-state index contributed by atoms with van der Waals surface area (Å²) >= 11 is 3.35. The van der Waals surface area contributed by atoms with Gasteiger partial charge in [-0.05, 0) is 59.1 Å². The maximum Gasteiger partial charge on any atom is 0.172 e. The first kappa shape index (κ1) is 14.7. The van der Waals surface area contributed by atoms with Crippen LogP contribution >= 0.6 is 15.9 Å². The Labute approximate surface area is 127 Å². The van der Waals surface area contributed by atoms with E-state index in [1.54, 1.807) is 0 Å². The van der Waals surface area contributed by atoms with Crippen LogP contribution in [0.2, 0.25) is 0 Å². The van der Waals surface area contributed by atoms with Crippen molar-refractivity contribution in [2.45, 2.75) is 20.4 Å². The van der Waals surface area contributed by atoms with E-state index in [1.165, 1.54) is 5.56 Å². The van der Waals surface area contributed by atoms with Crippen LogP contribution in [-0.2, 0) is 6.54 Å². The third-order valence-corrected chi connectivity index (χ3v) is 3.62. The Morgan fingerprint density at radius 3 is 2.70 bits per heavy atom. The topological polar surface area (TPSA) is 41.5 Å². The highest BCUT2D eigenvalue weighted by molar-refractivity contribution is 9.10. The van der Waals surface area contributed by atoms with Crippen molar-refractivity contribution >= 4 is 21.6 Å². The van der Waals surface area contributed by atoms with Gasteiger partial charge in [-0.1, -0.05) is 18.2 Å². The Hall–Kier alpha value is -1.68. The normalized spacial score (nSPS) is 10.3. The Balaban J connectivity index is 2.16. The number of phenolic OH excluding ortho intramolecular Hbond substituents is 1. The lowest BCUT2D eigenvalue weighted by Gasteiger charge is -2.13. The van der Waals surface area contributed by atoms with Crippen LogP contribution in [-0.4, -0.2) is 11.7 Å². The number of rotatable bonds is 5. The molecule has 0 spiro atoms. The van der Waals surface area contributed by atoms with Gasteiger partial charge >= 0.3 is 0 Å². The van der Waals surface area contributed by atoms with Gasteiger partial charge in [0.05, 0.1) is 11.1 Å². The fourth-order valence-electron chi connectivity index (χ4n) is 1.96. The van der Waals surface area contributed by atoms with E-state index < -0.39 is 0 Å². The molecule has 0 bridgehead atoms. The molecule has 0 saturated heterocycles. The number of hydrogen-bond acceptors (Lipinski definition) is 3. The maximum absolute atomic E-state index is 9.89. The number of para-hydroxylation sites is 1. The van der Waals surface area contributed by atoms with E-state index in [4.69, 9.17) is 4.74 Å². The number of halogens is 1. The second-order valence-electron chi connectivity index (χ2n) is 4.53. The molecule has 2 aromatic rings. The third-order valence-electron chi connectivity index (χ3n) is 3.02. The zero-order chi connectivity index (χ0) is 14.5. The molecule has 0 aliphatic heterocycles. The molecule has 0 fully saturated rings. The average molecular weight is 336 g/mol. The molecule has 0 radical (unpaired) electrons. The number of anilines is 1. The van der Waals surface area contributed by atoms with Gasteiger partial charge in [-0.15, -0.1) is 0 Å². The fraction of sp³-hybridized carbons (Fsp3) is 0.250. The summed E-state index contributed by atoms with van der Waals surface area (Å²) in [5.74, 6) is 0.648. The van der Waals surface area contributed by atoms with Gasteiger partial charge in [0.1, 0.15) is 0 Å². The number of ether oxygens (including phenoxy) is 1. The summed E-state index contributed by atoms with van der Waals surface area (Å²) < 4.78 is 6.07. The summed E-state index contributed by atoms with van der Waals surface area (Å²) in [5, 5.41) is 13.3. The number of aryl methyl sites for hydroxylation is 1. The molecule has 0 saturated carbocycles. The Bertz CT molecular complexity index is 599. The summed E-state index contributed by atoms with van der Waals surface area (Å²) in [7, 11) is 0. The SMILES string of the molecule is CCOc1cc(CNc2ccccc2C)cc(Br)c1O. The van der Waals surface area contributed by atoms with Crippen LogP contribution in [0, 0.1) is 6.92 Å². The highest BCUT2D eigenvalue weighted by atomic mass is 79.9. The number of nitrogens with one attached hydrogen (secondary N) is 1. The van der Waals surface area contributed by atoms with Crippen molar-refractivity contribution in [2.75, 3.05) is 11.9 Å². The van der Waals surface area contributed by atoms with Gasteiger partial charge in [0.25, 0.3) is 0 Å². The second-order valence-corrected chi connectivity index (χ2v) is 5.38. The van der Waals surface area contributed by atoms with Gasteiger partial charge in [0.15, 0.2) is 11.5 Å². The van der Waals surface area contributed by atoms with Crippen LogP contribution in [0.4, 0.5) is 5.69 Å². The molecule has 0 aromatic heterocycles. The summed E-state index contributed by atoms with van der Waals surface area (Å²) in [6, 6.07) is 11.9. The highest BCUT2D eigenvalue weighted by Crippen LogP contribution is 2.35. The molecule has 106 valence electrons. The first-order chi connectivity index (χ1) is 9.61. The number of benzene rings is 2. The van der Waals surface area contributed by atoms with E-state index in [1.807, 2.05) is 37.3 Å². The zero-order valence-electron chi connectivity index (χ0n) is 11.6. The van der Waals surface area contributed by atoms with Gasteiger partial charge in [-0.2, -0.15) is 0 Å². The average Bonchev–Trinajstić information content (AvgIpc) is 2.43. The van der Waals surface area contributed by atoms with E-state index in [9.17, 15) is 5.11 Å². The van der Waals surface area contributed by atoms with Crippen molar-refractivity contribution in [3.05, 3.63) is 52.0 Å². The van der Waals surface area contributed by atoms with E-state index in [0.29, 0.717) is 23.4 Å². The Morgan fingerprint density at radius 2 is 2.00 bits per heavy atom. The maximum atomic E-state index is 9.89. The van der Waals surface area contributed by atoms with Crippen molar-refractivity contribution in [3.8, 4) is 11.5 Å². The second kappa shape index (κ2) is 6.66. The van der Waals surface area contributed by atoms with Crippen molar-refractivity contribution in [3.63, 3.8) is 0 Å². The van der Waals surface area contributed by atoms with Crippen molar-refractivity contribution in [1.82, 2.24) is 0 Å². The molecular weight excluding hydrogens is 318 g/mol. The Morgan fingerprint density at radius 1 is 1.25 bits per heavy atom. The Kier molecular flexibility index (Phi) is 4.90. The third kappa shape index (κ3) is 3.45. The standard InChI is InChI=1S/C16H18BrNO2/c1-3-20-15-9-12(8-13(17)16(15)19)10-18-14-7-5-4-6-11(14)2/h4-9,18-19H,3,10H2,1-2H3. The van der Waals surface area contributed by atoms with Gasteiger partial charge in [-0.3, -0.25) is 0 Å². The molecule has 2 aromatic carbocycles. The minimum absolute atomic E-state index is 0.145. The molecule has 0 atom stereocenters. The molecule has 0 aliphatic carbocycles. The zero-order valence-corrected chi connectivity index (χ0v) is 13.2. The van der Waals surface area contributed by atoms with E-state index >= 15 is 0 Å². The van der Waals surface area contributed by atoms with Gasteiger partial charge < -0.3 is 15.2 Å². The molecule has 0 amide bonds. The fourth-order valence-corrected chi connectivity index (χ4v) is 2.45. The highest BCUT2D eigenvalue weighted by Gasteiger charge is 2.09. The van der Waals surface area contributed by atoms with Crippen LogP contribution in [0.5, 0.6) is 11.5 Å². The smallest absolute Gasteiger partial charge is 0.172 e. The van der Waals surface area contributed by atoms with Gasteiger partial charge in [-0.25, -0.2) is 0 Å². The summed E-state index contributed by atoms with van der Waals surface area (Å²) in [6.45, 7) is 5.16. The van der Waals surface area contributed by atoms with Gasteiger partial charge in [0, 0.05) is 12.2 Å². The predicted octanol–water partition coefficient (Wildman–Crippen LogP) is 4.47. The van der Waals surface area contributed by atoms with Gasteiger partial charge in [0.2, 0.25) is 0 Å². The monoisotopic (exact) mass is 335 g/mol. The van der Waals surface area contributed by atoms with Crippen LogP contribution in [0.25, 0.3) is 0 Å². The largest absolute Gasteiger partial charge is 0.503 e.